The second kappa shape index (κ2) is 6.75. The molecule has 1 aliphatic rings. The zero-order valence-electron chi connectivity index (χ0n) is 14.4. The van der Waals surface area contributed by atoms with E-state index in [1.807, 2.05) is 30.3 Å². The van der Waals surface area contributed by atoms with Crippen molar-refractivity contribution in [1.82, 2.24) is 9.88 Å². The number of para-hydroxylation sites is 1. The number of rotatable bonds is 2. The van der Waals surface area contributed by atoms with Crippen molar-refractivity contribution in [3.63, 3.8) is 0 Å². The number of hydrogen-bond donors (Lipinski definition) is 1. The Morgan fingerprint density at radius 3 is 2.54 bits per heavy atom. The zero-order valence-corrected chi connectivity index (χ0v) is 14.4. The molecule has 0 spiro atoms. The van der Waals surface area contributed by atoms with Crippen LogP contribution in [0.15, 0.2) is 54.6 Å². The van der Waals surface area contributed by atoms with Crippen molar-refractivity contribution in [2.45, 2.75) is 18.8 Å². The molecule has 2 aromatic carbocycles. The van der Waals surface area contributed by atoms with E-state index >= 15 is 0 Å². The van der Waals surface area contributed by atoms with Gasteiger partial charge in [-0.3, -0.25) is 9.78 Å². The van der Waals surface area contributed by atoms with Gasteiger partial charge in [-0.05, 0) is 37.1 Å². The first-order valence-corrected chi connectivity index (χ1v) is 8.82. The van der Waals surface area contributed by atoms with Crippen molar-refractivity contribution in [2.24, 2.45) is 0 Å². The van der Waals surface area contributed by atoms with E-state index in [9.17, 15) is 9.18 Å². The molecule has 5 heteroatoms. The van der Waals surface area contributed by atoms with E-state index in [0.717, 1.165) is 29.4 Å². The summed E-state index contributed by atoms with van der Waals surface area (Å²) < 4.78 is 13.9. The standard InChI is InChI=1S/C21H20FN3O/c22-17-7-3-2-6-16(17)21(26)25-11-9-14(10-12-25)20-18(23)13-15-5-1-4-8-19(15)24-20/h1-8,13-14H,9-12,23H2. The zero-order chi connectivity index (χ0) is 18.1. The van der Waals surface area contributed by atoms with Crippen LogP contribution in [0.5, 0.6) is 0 Å². The molecule has 0 aliphatic carbocycles. The topological polar surface area (TPSA) is 59.2 Å². The van der Waals surface area contributed by atoms with Crippen LogP contribution in [0, 0.1) is 5.82 Å². The van der Waals surface area contributed by atoms with Crippen LogP contribution in [-0.4, -0.2) is 28.9 Å². The van der Waals surface area contributed by atoms with E-state index in [2.05, 4.69) is 0 Å². The lowest BCUT2D eigenvalue weighted by atomic mass is 9.91. The number of anilines is 1. The second-order valence-corrected chi connectivity index (χ2v) is 6.70. The Hall–Kier alpha value is -2.95. The van der Waals surface area contributed by atoms with Crippen LogP contribution in [0.3, 0.4) is 0 Å². The van der Waals surface area contributed by atoms with Crippen molar-refractivity contribution in [2.75, 3.05) is 18.8 Å². The summed E-state index contributed by atoms with van der Waals surface area (Å²) >= 11 is 0. The van der Waals surface area contributed by atoms with Gasteiger partial charge in [0.05, 0.1) is 22.5 Å². The third kappa shape index (κ3) is 3.01. The van der Waals surface area contributed by atoms with Gasteiger partial charge in [-0.15, -0.1) is 0 Å². The molecule has 4 rings (SSSR count). The lowest BCUT2D eigenvalue weighted by Gasteiger charge is -2.32. The molecule has 1 saturated heterocycles. The maximum Gasteiger partial charge on any atom is 0.256 e. The van der Waals surface area contributed by atoms with Crippen LogP contribution >= 0.6 is 0 Å². The van der Waals surface area contributed by atoms with E-state index in [4.69, 9.17) is 10.7 Å². The minimum Gasteiger partial charge on any atom is -0.397 e. The lowest BCUT2D eigenvalue weighted by molar-refractivity contribution is 0.0707. The Kier molecular flexibility index (Phi) is 4.29. The third-order valence-electron chi connectivity index (χ3n) is 5.06. The summed E-state index contributed by atoms with van der Waals surface area (Å²) in [7, 11) is 0. The molecule has 1 aromatic heterocycles. The number of nitrogens with two attached hydrogens (primary N) is 1. The molecule has 0 saturated carbocycles. The van der Waals surface area contributed by atoms with Gasteiger partial charge in [-0.1, -0.05) is 30.3 Å². The van der Waals surface area contributed by atoms with Crippen molar-refractivity contribution >= 4 is 22.5 Å². The van der Waals surface area contributed by atoms with Gasteiger partial charge < -0.3 is 10.6 Å². The highest BCUT2D eigenvalue weighted by molar-refractivity contribution is 5.94. The number of pyridine rings is 1. The van der Waals surface area contributed by atoms with Gasteiger partial charge in [-0.2, -0.15) is 0 Å². The number of nitrogens with zero attached hydrogens (tertiary/aromatic N) is 2. The Morgan fingerprint density at radius 1 is 1.08 bits per heavy atom. The molecule has 4 nitrogen and oxygen atoms in total. The molecule has 0 unspecified atom stereocenters. The van der Waals surface area contributed by atoms with Crippen LogP contribution in [0.25, 0.3) is 10.9 Å². The number of benzene rings is 2. The predicted octanol–water partition coefficient (Wildman–Crippen LogP) is 3.98. The van der Waals surface area contributed by atoms with Gasteiger partial charge in [0, 0.05) is 24.4 Å². The fourth-order valence-corrected chi connectivity index (χ4v) is 3.64. The maximum atomic E-state index is 13.9. The van der Waals surface area contributed by atoms with Crippen LogP contribution in [-0.2, 0) is 0 Å². The highest BCUT2D eigenvalue weighted by Crippen LogP contribution is 2.32. The number of likely N-dealkylation sites (tertiary alicyclic amines) is 1. The molecule has 1 amide bonds. The second-order valence-electron chi connectivity index (χ2n) is 6.70. The van der Waals surface area contributed by atoms with Gasteiger partial charge in [-0.25, -0.2) is 4.39 Å². The number of carbonyl (C=O) groups is 1. The maximum absolute atomic E-state index is 13.9. The largest absolute Gasteiger partial charge is 0.397 e. The molecule has 0 atom stereocenters. The van der Waals surface area contributed by atoms with E-state index < -0.39 is 5.82 Å². The SMILES string of the molecule is Nc1cc2ccccc2nc1C1CCN(C(=O)c2ccccc2F)CC1. The number of aromatic nitrogens is 1. The summed E-state index contributed by atoms with van der Waals surface area (Å²) in [4.78, 5) is 19.0. The number of nitrogen functional groups attached to an aromatic ring is 1. The van der Waals surface area contributed by atoms with Crippen molar-refractivity contribution in [1.29, 1.82) is 0 Å². The van der Waals surface area contributed by atoms with Crippen LogP contribution in [0.1, 0.15) is 34.8 Å². The number of halogens is 1. The number of amides is 1. The summed E-state index contributed by atoms with van der Waals surface area (Å²) in [6.45, 7) is 1.15. The molecule has 26 heavy (non-hydrogen) atoms. The Bertz CT molecular complexity index is 964. The highest BCUT2D eigenvalue weighted by atomic mass is 19.1. The molecular formula is C21H20FN3O. The fraction of sp³-hybridized carbons (Fsp3) is 0.238. The monoisotopic (exact) mass is 349 g/mol. The van der Waals surface area contributed by atoms with Gasteiger partial charge in [0.25, 0.3) is 5.91 Å². The summed E-state index contributed by atoms with van der Waals surface area (Å²) in [5, 5.41) is 1.03. The van der Waals surface area contributed by atoms with E-state index in [1.54, 1.807) is 17.0 Å². The van der Waals surface area contributed by atoms with Crippen molar-refractivity contribution in [3.05, 3.63) is 71.7 Å². The van der Waals surface area contributed by atoms with E-state index in [1.165, 1.54) is 12.1 Å². The quantitative estimate of drug-likeness (QED) is 0.761. The van der Waals surface area contributed by atoms with Crippen LogP contribution in [0.2, 0.25) is 0 Å². The Balaban J connectivity index is 1.51. The Labute approximate surface area is 151 Å². The smallest absolute Gasteiger partial charge is 0.256 e. The average molecular weight is 349 g/mol. The Morgan fingerprint density at radius 2 is 1.77 bits per heavy atom. The predicted molar refractivity (Wildman–Crippen MR) is 100 cm³/mol. The molecule has 1 fully saturated rings. The van der Waals surface area contributed by atoms with E-state index in [-0.39, 0.29) is 17.4 Å². The summed E-state index contributed by atoms with van der Waals surface area (Å²) in [6, 6.07) is 16.0. The number of hydrogen-bond acceptors (Lipinski definition) is 3. The normalized spacial score (nSPS) is 15.3. The van der Waals surface area contributed by atoms with Gasteiger partial charge >= 0.3 is 0 Å². The number of piperidine rings is 1. The highest BCUT2D eigenvalue weighted by Gasteiger charge is 2.27. The average Bonchev–Trinajstić information content (AvgIpc) is 2.67. The van der Waals surface area contributed by atoms with Crippen molar-refractivity contribution < 1.29 is 9.18 Å². The van der Waals surface area contributed by atoms with Crippen molar-refractivity contribution in [3.8, 4) is 0 Å². The molecular weight excluding hydrogens is 329 g/mol. The van der Waals surface area contributed by atoms with Crippen LogP contribution < -0.4 is 5.73 Å². The molecule has 0 bridgehead atoms. The first-order valence-electron chi connectivity index (χ1n) is 8.82. The molecule has 3 aromatic rings. The van der Waals surface area contributed by atoms with Crippen LogP contribution in [0.4, 0.5) is 10.1 Å². The first kappa shape index (κ1) is 16.5. The molecule has 132 valence electrons. The number of fused-ring (bicyclic) bond motifs is 1. The van der Waals surface area contributed by atoms with Gasteiger partial charge in [0.1, 0.15) is 5.82 Å². The van der Waals surface area contributed by atoms with E-state index in [0.29, 0.717) is 18.8 Å². The third-order valence-corrected chi connectivity index (χ3v) is 5.06. The molecule has 2 heterocycles. The molecule has 2 N–H and O–H groups in total. The fourth-order valence-electron chi connectivity index (χ4n) is 3.64. The minimum atomic E-state index is -0.472. The first-order chi connectivity index (χ1) is 12.6. The lowest BCUT2D eigenvalue weighted by Crippen LogP contribution is -2.38. The summed E-state index contributed by atoms with van der Waals surface area (Å²) in [5.74, 6) is -0.509. The summed E-state index contributed by atoms with van der Waals surface area (Å²) in [5.41, 5.74) is 8.90. The molecule has 0 radical (unpaired) electrons. The number of carbonyl (C=O) groups excluding carboxylic acids is 1. The summed E-state index contributed by atoms with van der Waals surface area (Å²) in [6.07, 6.45) is 1.55. The van der Waals surface area contributed by atoms with Gasteiger partial charge in [0.15, 0.2) is 0 Å². The molecule has 1 aliphatic heterocycles. The van der Waals surface area contributed by atoms with Gasteiger partial charge in [0.2, 0.25) is 0 Å². The minimum absolute atomic E-state index is 0.134.